The third kappa shape index (κ3) is 2.61. The van der Waals surface area contributed by atoms with Crippen molar-refractivity contribution in [3.63, 3.8) is 0 Å². The van der Waals surface area contributed by atoms with Gasteiger partial charge in [-0.1, -0.05) is 23.7 Å². The Bertz CT molecular complexity index is 263. The highest BCUT2D eigenvalue weighted by Gasteiger charge is 2.05. The number of nitrogens with zero attached hydrogens (tertiary/aromatic N) is 1. The highest BCUT2D eigenvalue weighted by atomic mass is 35.5. The average molecular weight is 199 g/mol. The third-order valence-electron chi connectivity index (χ3n) is 1.97. The summed E-state index contributed by atoms with van der Waals surface area (Å²) in [5.74, 6) is 0. The van der Waals surface area contributed by atoms with E-state index < -0.39 is 0 Å². The topological polar surface area (TPSA) is 29.3 Å². The van der Waals surface area contributed by atoms with Gasteiger partial charge in [0.2, 0.25) is 0 Å². The normalized spacial score (nSPS) is 10.1. The maximum Gasteiger partial charge on any atom is 0.0639 e. The van der Waals surface area contributed by atoms with Crippen molar-refractivity contribution >= 4 is 17.3 Å². The van der Waals surface area contributed by atoms with Gasteiger partial charge in [0.25, 0.3) is 0 Å². The van der Waals surface area contributed by atoms with Crippen LogP contribution in [-0.4, -0.2) is 19.6 Å². The highest BCUT2D eigenvalue weighted by molar-refractivity contribution is 6.33. The lowest BCUT2D eigenvalue weighted by Gasteiger charge is -2.23. The molecular formula is C10H15ClN2. The number of benzene rings is 1. The van der Waals surface area contributed by atoms with Crippen molar-refractivity contribution < 1.29 is 0 Å². The quantitative estimate of drug-likeness (QED) is 0.803. The first kappa shape index (κ1) is 10.4. The number of hydrogen-bond donors (Lipinski definition) is 1. The molecule has 0 saturated carbocycles. The summed E-state index contributed by atoms with van der Waals surface area (Å²) in [4.78, 5) is 2.17. The second kappa shape index (κ2) is 5.10. The minimum atomic E-state index is 0.652. The van der Waals surface area contributed by atoms with Crippen molar-refractivity contribution in [3.8, 4) is 0 Å². The molecule has 0 aliphatic heterocycles. The van der Waals surface area contributed by atoms with Gasteiger partial charge in [0.1, 0.15) is 0 Å². The Kier molecular flexibility index (Phi) is 4.06. The van der Waals surface area contributed by atoms with Gasteiger partial charge in [-0.15, -0.1) is 0 Å². The molecule has 0 amide bonds. The maximum atomic E-state index is 6.05. The van der Waals surface area contributed by atoms with Crippen LogP contribution in [0.1, 0.15) is 6.92 Å². The fourth-order valence-electron chi connectivity index (χ4n) is 1.31. The van der Waals surface area contributed by atoms with Gasteiger partial charge in [-0.3, -0.25) is 0 Å². The van der Waals surface area contributed by atoms with Crippen molar-refractivity contribution in [1.29, 1.82) is 0 Å². The van der Waals surface area contributed by atoms with E-state index >= 15 is 0 Å². The summed E-state index contributed by atoms with van der Waals surface area (Å²) < 4.78 is 0. The second-order valence-electron chi connectivity index (χ2n) is 2.82. The summed E-state index contributed by atoms with van der Waals surface area (Å²) in [6.07, 6.45) is 0. The molecule has 0 atom stereocenters. The minimum absolute atomic E-state index is 0.652. The van der Waals surface area contributed by atoms with Gasteiger partial charge in [-0.05, 0) is 19.1 Å². The molecule has 1 rings (SSSR count). The van der Waals surface area contributed by atoms with E-state index in [1.165, 1.54) is 0 Å². The lowest BCUT2D eigenvalue weighted by atomic mass is 10.3. The van der Waals surface area contributed by atoms with Gasteiger partial charge >= 0.3 is 0 Å². The van der Waals surface area contributed by atoms with Crippen molar-refractivity contribution in [2.75, 3.05) is 24.5 Å². The molecule has 13 heavy (non-hydrogen) atoms. The van der Waals surface area contributed by atoms with E-state index in [1.807, 2.05) is 24.3 Å². The van der Waals surface area contributed by atoms with Gasteiger partial charge in [0.15, 0.2) is 0 Å². The van der Waals surface area contributed by atoms with Crippen LogP contribution in [0.15, 0.2) is 24.3 Å². The van der Waals surface area contributed by atoms with Gasteiger partial charge in [0.05, 0.1) is 10.7 Å². The average Bonchev–Trinajstić information content (AvgIpc) is 2.16. The lowest BCUT2D eigenvalue weighted by Crippen LogP contribution is -2.29. The predicted octanol–water partition coefficient (Wildman–Crippen LogP) is 2.12. The molecule has 1 aromatic carbocycles. The van der Waals surface area contributed by atoms with Crippen molar-refractivity contribution in [2.24, 2.45) is 5.73 Å². The number of para-hydroxylation sites is 1. The fraction of sp³-hybridized carbons (Fsp3) is 0.400. The number of rotatable bonds is 4. The minimum Gasteiger partial charge on any atom is -0.369 e. The van der Waals surface area contributed by atoms with E-state index in [1.54, 1.807) is 0 Å². The summed E-state index contributed by atoms with van der Waals surface area (Å²) >= 11 is 6.05. The fourth-order valence-corrected chi connectivity index (χ4v) is 1.57. The number of hydrogen-bond acceptors (Lipinski definition) is 2. The third-order valence-corrected chi connectivity index (χ3v) is 2.29. The van der Waals surface area contributed by atoms with Gasteiger partial charge in [0, 0.05) is 19.6 Å². The molecule has 2 nitrogen and oxygen atoms in total. The van der Waals surface area contributed by atoms with Gasteiger partial charge in [-0.2, -0.15) is 0 Å². The standard InChI is InChI=1S/C10H15ClN2/c1-2-13(8-7-12)10-6-4-3-5-9(10)11/h3-6H,2,7-8,12H2,1H3. The van der Waals surface area contributed by atoms with Crippen molar-refractivity contribution in [3.05, 3.63) is 29.3 Å². The Hall–Kier alpha value is -0.730. The summed E-state index contributed by atoms with van der Waals surface area (Å²) in [5.41, 5.74) is 6.57. The van der Waals surface area contributed by atoms with Crippen LogP contribution >= 0.6 is 11.6 Å². The number of anilines is 1. The van der Waals surface area contributed by atoms with Crippen LogP contribution in [-0.2, 0) is 0 Å². The van der Waals surface area contributed by atoms with Crippen LogP contribution < -0.4 is 10.6 Å². The zero-order valence-corrected chi connectivity index (χ0v) is 8.59. The van der Waals surface area contributed by atoms with Crippen LogP contribution in [0.3, 0.4) is 0 Å². The zero-order valence-electron chi connectivity index (χ0n) is 7.83. The Balaban J connectivity index is 2.84. The largest absolute Gasteiger partial charge is 0.369 e. The summed E-state index contributed by atoms with van der Waals surface area (Å²) in [6, 6.07) is 7.83. The first-order valence-corrected chi connectivity index (χ1v) is 4.87. The number of nitrogens with two attached hydrogens (primary N) is 1. The number of halogens is 1. The molecule has 0 aromatic heterocycles. The molecule has 72 valence electrons. The van der Waals surface area contributed by atoms with Crippen LogP contribution in [0.5, 0.6) is 0 Å². The molecule has 0 radical (unpaired) electrons. The molecule has 0 unspecified atom stereocenters. The molecule has 1 aromatic rings. The predicted molar refractivity (Wildman–Crippen MR) is 58.4 cm³/mol. The molecule has 0 saturated heterocycles. The van der Waals surface area contributed by atoms with E-state index in [2.05, 4.69) is 11.8 Å². The monoisotopic (exact) mass is 198 g/mol. The van der Waals surface area contributed by atoms with E-state index in [-0.39, 0.29) is 0 Å². The van der Waals surface area contributed by atoms with Crippen molar-refractivity contribution in [1.82, 2.24) is 0 Å². The molecule has 0 spiro atoms. The Labute approximate surface area is 84.3 Å². The van der Waals surface area contributed by atoms with Gasteiger partial charge < -0.3 is 10.6 Å². The zero-order chi connectivity index (χ0) is 9.68. The van der Waals surface area contributed by atoms with Crippen LogP contribution in [0, 0.1) is 0 Å². The summed E-state index contributed by atoms with van der Waals surface area (Å²) in [7, 11) is 0. The molecule has 3 heteroatoms. The maximum absolute atomic E-state index is 6.05. The second-order valence-corrected chi connectivity index (χ2v) is 3.23. The van der Waals surface area contributed by atoms with Crippen LogP contribution in [0.2, 0.25) is 5.02 Å². The number of likely N-dealkylation sites (N-methyl/N-ethyl adjacent to an activating group) is 1. The van der Waals surface area contributed by atoms with E-state index in [9.17, 15) is 0 Å². The first-order chi connectivity index (χ1) is 6.29. The lowest BCUT2D eigenvalue weighted by molar-refractivity contribution is 0.817. The first-order valence-electron chi connectivity index (χ1n) is 4.49. The molecule has 0 bridgehead atoms. The van der Waals surface area contributed by atoms with Crippen molar-refractivity contribution in [2.45, 2.75) is 6.92 Å². The molecule has 2 N–H and O–H groups in total. The highest BCUT2D eigenvalue weighted by Crippen LogP contribution is 2.24. The Morgan fingerprint density at radius 1 is 1.38 bits per heavy atom. The smallest absolute Gasteiger partial charge is 0.0639 e. The Morgan fingerprint density at radius 2 is 2.08 bits per heavy atom. The van der Waals surface area contributed by atoms with E-state index in [4.69, 9.17) is 17.3 Å². The van der Waals surface area contributed by atoms with E-state index in [0.29, 0.717) is 6.54 Å². The van der Waals surface area contributed by atoms with Crippen LogP contribution in [0.25, 0.3) is 0 Å². The summed E-state index contributed by atoms with van der Waals surface area (Å²) in [5, 5.41) is 0.790. The molecule has 0 aliphatic carbocycles. The van der Waals surface area contributed by atoms with Crippen LogP contribution in [0.4, 0.5) is 5.69 Å². The SMILES string of the molecule is CCN(CCN)c1ccccc1Cl. The molecule has 0 fully saturated rings. The molecule has 0 aliphatic rings. The Morgan fingerprint density at radius 3 is 2.62 bits per heavy atom. The molecule has 0 heterocycles. The summed E-state index contributed by atoms with van der Waals surface area (Å²) in [6.45, 7) is 4.53. The molecular weight excluding hydrogens is 184 g/mol. The van der Waals surface area contributed by atoms with Gasteiger partial charge in [-0.25, -0.2) is 0 Å². The van der Waals surface area contributed by atoms with E-state index in [0.717, 1.165) is 23.8 Å².